The molecule has 1 fully saturated rings. The predicted molar refractivity (Wildman–Crippen MR) is 81.3 cm³/mol. The van der Waals surface area contributed by atoms with Crippen molar-refractivity contribution in [3.63, 3.8) is 0 Å². The molecule has 1 aromatic carbocycles. The number of anilines is 1. The molecular weight excluding hydrogens is 283 g/mol. The van der Waals surface area contributed by atoms with Crippen molar-refractivity contribution in [3.05, 3.63) is 22.2 Å². The maximum absolute atomic E-state index is 6.09. The number of nitrogen functional groups attached to an aromatic ring is 1. The molecule has 5 heteroatoms. The minimum Gasteiger partial charge on any atom is -0.490 e. The third-order valence-electron chi connectivity index (χ3n) is 3.64. The number of nitrogens with two attached hydrogens (primary N) is 1. The van der Waals surface area contributed by atoms with Crippen LogP contribution in [0.3, 0.4) is 0 Å². The molecule has 1 saturated heterocycles. The number of piperidine rings is 1. The second-order valence-electron chi connectivity index (χ2n) is 5.08. The van der Waals surface area contributed by atoms with Crippen molar-refractivity contribution in [3.8, 4) is 5.75 Å². The summed E-state index contributed by atoms with van der Waals surface area (Å²) in [6, 6.07) is 3.92. The zero-order valence-corrected chi connectivity index (χ0v) is 12.7. The van der Waals surface area contributed by atoms with Crippen LogP contribution in [0.1, 0.15) is 25.7 Å². The number of likely N-dealkylation sites (tertiary alicyclic amines) is 1. The second kappa shape index (κ2) is 6.69. The summed E-state index contributed by atoms with van der Waals surface area (Å²) in [6.45, 7) is 1.80. The SMILES string of the molecule is CN1CCCCC1CCOc1c(Cl)cc(N)cc1Cl. The Kier molecular flexibility index (Phi) is 5.20. The van der Waals surface area contributed by atoms with Gasteiger partial charge in [-0.2, -0.15) is 0 Å². The molecule has 1 aliphatic heterocycles. The Bertz CT molecular complexity index is 416. The Labute approximate surface area is 124 Å². The molecule has 0 spiro atoms. The Balaban J connectivity index is 1.89. The standard InChI is InChI=1S/C14H20Cl2N2O/c1-18-6-3-2-4-11(18)5-7-19-14-12(15)8-10(17)9-13(14)16/h8-9,11H,2-7,17H2,1H3. The van der Waals surface area contributed by atoms with Crippen LogP contribution >= 0.6 is 23.2 Å². The lowest BCUT2D eigenvalue weighted by molar-refractivity contribution is 0.153. The average molecular weight is 303 g/mol. The van der Waals surface area contributed by atoms with E-state index in [1.165, 1.54) is 25.8 Å². The average Bonchev–Trinajstić information content (AvgIpc) is 2.34. The molecule has 106 valence electrons. The van der Waals surface area contributed by atoms with Gasteiger partial charge in [-0.15, -0.1) is 0 Å². The third kappa shape index (κ3) is 3.91. The van der Waals surface area contributed by atoms with Gasteiger partial charge in [-0.05, 0) is 45.0 Å². The molecule has 1 unspecified atom stereocenters. The quantitative estimate of drug-likeness (QED) is 0.859. The van der Waals surface area contributed by atoms with Crippen molar-refractivity contribution < 1.29 is 4.74 Å². The molecule has 0 saturated carbocycles. The van der Waals surface area contributed by atoms with E-state index in [4.69, 9.17) is 33.7 Å². The first kappa shape index (κ1) is 14.8. The van der Waals surface area contributed by atoms with E-state index in [2.05, 4.69) is 11.9 Å². The predicted octanol–water partition coefficient (Wildman–Crippen LogP) is 3.83. The number of benzene rings is 1. The molecule has 2 rings (SSSR count). The van der Waals surface area contributed by atoms with Crippen LogP contribution in [0, 0.1) is 0 Å². The lowest BCUT2D eigenvalue weighted by Crippen LogP contribution is -2.37. The molecule has 1 aliphatic rings. The minimum absolute atomic E-state index is 0.474. The van der Waals surface area contributed by atoms with Crippen molar-refractivity contribution in [2.75, 3.05) is 25.9 Å². The van der Waals surface area contributed by atoms with E-state index in [1.807, 2.05) is 0 Å². The topological polar surface area (TPSA) is 38.5 Å². The normalized spacial score (nSPS) is 20.5. The molecule has 0 aromatic heterocycles. The van der Waals surface area contributed by atoms with Gasteiger partial charge in [0.2, 0.25) is 0 Å². The molecule has 3 nitrogen and oxygen atoms in total. The van der Waals surface area contributed by atoms with Gasteiger partial charge in [0, 0.05) is 11.7 Å². The molecule has 0 aliphatic carbocycles. The number of nitrogens with zero attached hydrogens (tertiary/aromatic N) is 1. The van der Waals surface area contributed by atoms with Crippen LogP contribution in [0.15, 0.2) is 12.1 Å². The fraction of sp³-hybridized carbons (Fsp3) is 0.571. The summed E-state index contributed by atoms with van der Waals surface area (Å²) in [5.41, 5.74) is 6.21. The van der Waals surface area contributed by atoms with Gasteiger partial charge in [0.25, 0.3) is 0 Å². The highest BCUT2D eigenvalue weighted by Gasteiger charge is 2.19. The van der Waals surface area contributed by atoms with E-state index in [0.29, 0.717) is 34.1 Å². The third-order valence-corrected chi connectivity index (χ3v) is 4.20. The van der Waals surface area contributed by atoms with Gasteiger partial charge in [-0.3, -0.25) is 0 Å². The highest BCUT2D eigenvalue weighted by atomic mass is 35.5. The number of halogens is 2. The molecule has 1 aromatic rings. The van der Waals surface area contributed by atoms with Crippen molar-refractivity contribution in [1.29, 1.82) is 0 Å². The number of ether oxygens (including phenoxy) is 1. The first-order chi connectivity index (χ1) is 9.08. The first-order valence-corrected chi connectivity index (χ1v) is 7.41. The zero-order valence-electron chi connectivity index (χ0n) is 11.2. The summed E-state index contributed by atoms with van der Waals surface area (Å²) in [7, 11) is 2.17. The van der Waals surface area contributed by atoms with E-state index in [9.17, 15) is 0 Å². The summed E-state index contributed by atoms with van der Waals surface area (Å²) in [5.74, 6) is 0.538. The van der Waals surface area contributed by atoms with Crippen LogP contribution in [0.25, 0.3) is 0 Å². The summed E-state index contributed by atoms with van der Waals surface area (Å²) in [5, 5.41) is 0.948. The molecular formula is C14H20Cl2N2O. The molecule has 19 heavy (non-hydrogen) atoms. The van der Waals surface area contributed by atoms with Crippen molar-refractivity contribution >= 4 is 28.9 Å². The summed E-state index contributed by atoms with van der Waals surface area (Å²) in [4.78, 5) is 2.40. The van der Waals surface area contributed by atoms with Crippen LogP contribution in [-0.4, -0.2) is 31.1 Å². The van der Waals surface area contributed by atoms with Gasteiger partial charge >= 0.3 is 0 Å². The van der Waals surface area contributed by atoms with Gasteiger partial charge in [0.1, 0.15) is 0 Å². The first-order valence-electron chi connectivity index (χ1n) is 6.65. The van der Waals surface area contributed by atoms with Crippen molar-refractivity contribution in [1.82, 2.24) is 4.90 Å². The molecule has 1 heterocycles. The fourth-order valence-electron chi connectivity index (χ4n) is 2.52. The summed E-state index contributed by atoms with van der Waals surface area (Å²) in [6.07, 6.45) is 4.83. The smallest absolute Gasteiger partial charge is 0.156 e. The summed E-state index contributed by atoms with van der Waals surface area (Å²) >= 11 is 12.2. The Morgan fingerprint density at radius 2 is 2.00 bits per heavy atom. The molecule has 2 N–H and O–H groups in total. The van der Waals surface area contributed by atoms with Crippen molar-refractivity contribution in [2.45, 2.75) is 31.7 Å². The van der Waals surface area contributed by atoms with E-state index >= 15 is 0 Å². The van der Waals surface area contributed by atoms with Crippen LogP contribution < -0.4 is 10.5 Å². The number of rotatable bonds is 4. The van der Waals surface area contributed by atoms with E-state index < -0.39 is 0 Å². The van der Waals surface area contributed by atoms with Gasteiger partial charge in [0.05, 0.1) is 16.7 Å². The second-order valence-corrected chi connectivity index (χ2v) is 5.90. The number of hydrogen-bond donors (Lipinski definition) is 1. The monoisotopic (exact) mass is 302 g/mol. The van der Waals surface area contributed by atoms with Gasteiger partial charge < -0.3 is 15.4 Å². The van der Waals surface area contributed by atoms with Crippen LogP contribution in [0.2, 0.25) is 10.0 Å². The van der Waals surface area contributed by atoms with Gasteiger partial charge in [-0.25, -0.2) is 0 Å². The van der Waals surface area contributed by atoms with Crippen molar-refractivity contribution in [2.24, 2.45) is 0 Å². The van der Waals surface area contributed by atoms with E-state index in [0.717, 1.165) is 6.42 Å². The lowest BCUT2D eigenvalue weighted by Gasteiger charge is -2.32. The highest BCUT2D eigenvalue weighted by Crippen LogP contribution is 2.35. The zero-order chi connectivity index (χ0) is 13.8. The summed E-state index contributed by atoms with van der Waals surface area (Å²) < 4.78 is 5.73. The van der Waals surface area contributed by atoms with Gasteiger partial charge in [0.15, 0.2) is 5.75 Å². The number of hydrogen-bond acceptors (Lipinski definition) is 3. The Morgan fingerprint density at radius 1 is 1.32 bits per heavy atom. The Morgan fingerprint density at radius 3 is 2.63 bits per heavy atom. The maximum atomic E-state index is 6.09. The van der Waals surface area contributed by atoms with Crippen LogP contribution in [0.5, 0.6) is 5.75 Å². The Hall–Kier alpha value is -0.640. The lowest BCUT2D eigenvalue weighted by atomic mass is 10.0. The molecule has 0 radical (unpaired) electrons. The van der Waals surface area contributed by atoms with Gasteiger partial charge in [-0.1, -0.05) is 29.6 Å². The van der Waals surface area contributed by atoms with Crippen LogP contribution in [-0.2, 0) is 0 Å². The largest absolute Gasteiger partial charge is 0.490 e. The molecule has 0 amide bonds. The maximum Gasteiger partial charge on any atom is 0.156 e. The molecule has 1 atom stereocenters. The van der Waals surface area contributed by atoms with Crippen LogP contribution in [0.4, 0.5) is 5.69 Å². The highest BCUT2D eigenvalue weighted by molar-refractivity contribution is 6.37. The van der Waals surface area contributed by atoms with E-state index in [-0.39, 0.29) is 0 Å². The molecule has 0 bridgehead atoms. The minimum atomic E-state index is 0.474. The fourth-order valence-corrected chi connectivity index (χ4v) is 3.14. The van der Waals surface area contributed by atoms with E-state index in [1.54, 1.807) is 12.1 Å².